The number of hydrogen-bond donors (Lipinski definition) is 1. The Hall–Kier alpha value is -2.36. The van der Waals surface area contributed by atoms with E-state index in [0.717, 1.165) is 12.8 Å². The van der Waals surface area contributed by atoms with Gasteiger partial charge in [-0.25, -0.2) is 0 Å². The summed E-state index contributed by atoms with van der Waals surface area (Å²) in [5.41, 5.74) is 2.98. The number of carbonyl (C=O) groups excluding carboxylic acids is 1. The average Bonchev–Trinajstić information content (AvgIpc) is 2.80. The van der Waals surface area contributed by atoms with Crippen molar-refractivity contribution in [1.82, 2.24) is 5.32 Å². The average molecular weight is 254 g/mol. The number of rotatable bonds is 2. The number of benzene rings is 1. The van der Waals surface area contributed by atoms with Crippen LogP contribution < -0.4 is 10.0 Å². The molecule has 4 nitrogen and oxygen atoms in total. The van der Waals surface area contributed by atoms with Crippen molar-refractivity contribution in [3.05, 3.63) is 70.7 Å². The van der Waals surface area contributed by atoms with E-state index in [4.69, 9.17) is 0 Å². The lowest BCUT2D eigenvalue weighted by molar-refractivity contribution is -0.605. The third-order valence-electron chi connectivity index (χ3n) is 3.42. The molecule has 2 aromatic rings. The highest BCUT2D eigenvalue weighted by molar-refractivity contribution is 5.93. The Labute approximate surface area is 111 Å². The third kappa shape index (κ3) is 2.42. The van der Waals surface area contributed by atoms with E-state index in [9.17, 15) is 10.0 Å². The smallest absolute Gasteiger partial charge is 0.257 e. The van der Waals surface area contributed by atoms with Crippen LogP contribution in [-0.2, 0) is 12.8 Å². The second-order valence-corrected chi connectivity index (χ2v) is 4.80. The van der Waals surface area contributed by atoms with E-state index >= 15 is 0 Å². The summed E-state index contributed by atoms with van der Waals surface area (Å²) in [6, 6.07) is 11.5. The number of nitrogens with one attached hydrogen (secondary N) is 1. The number of fused-ring (bicyclic) bond motifs is 1. The monoisotopic (exact) mass is 254 g/mol. The van der Waals surface area contributed by atoms with Crippen molar-refractivity contribution in [2.24, 2.45) is 0 Å². The van der Waals surface area contributed by atoms with Gasteiger partial charge in [0.2, 0.25) is 0 Å². The molecule has 0 atom stereocenters. The molecule has 19 heavy (non-hydrogen) atoms. The number of aromatic nitrogens is 1. The van der Waals surface area contributed by atoms with Crippen molar-refractivity contribution >= 4 is 5.91 Å². The van der Waals surface area contributed by atoms with Crippen LogP contribution in [0.4, 0.5) is 0 Å². The molecule has 0 aliphatic heterocycles. The SMILES string of the molecule is O=C(NC1Cc2ccccc2C1)c1ccc[n+]([O-])c1. The standard InChI is InChI=1S/C15H14N2O2/c18-15(13-6-3-7-17(19)10-13)16-14-8-11-4-1-2-5-12(11)9-14/h1-7,10,14H,8-9H2,(H,16,18). The second-order valence-electron chi connectivity index (χ2n) is 4.80. The first-order valence-electron chi connectivity index (χ1n) is 6.29. The van der Waals surface area contributed by atoms with Crippen molar-refractivity contribution in [3.63, 3.8) is 0 Å². The van der Waals surface area contributed by atoms with E-state index in [1.165, 1.54) is 23.5 Å². The van der Waals surface area contributed by atoms with Gasteiger partial charge in [0.25, 0.3) is 5.91 Å². The molecule has 0 bridgehead atoms. The highest BCUT2D eigenvalue weighted by Gasteiger charge is 2.23. The van der Waals surface area contributed by atoms with E-state index < -0.39 is 0 Å². The summed E-state index contributed by atoms with van der Waals surface area (Å²) in [5.74, 6) is -0.192. The predicted octanol–water partition coefficient (Wildman–Crippen LogP) is 1.22. The zero-order valence-electron chi connectivity index (χ0n) is 10.4. The van der Waals surface area contributed by atoms with E-state index in [1.807, 2.05) is 12.1 Å². The Morgan fingerprint density at radius 3 is 2.47 bits per heavy atom. The molecule has 0 fully saturated rings. The fourth-order valence-electron chi connectivity index (χ4n) is 2.52. The van der Waals surface area contributed by atoms with Gasteiger partial charge in [-0.3, -0.25) is 4.79 Å². The number of carbonyl (C=O) groups is 1. The van der Waals surface area contributed by atoms with Crippen molar-refractivity contribution in [3.8, 4) is 0 Å². The summed E-state index contributed by atoms with van der Waals surface area (Å²) < 4.78 is 0.637. The van der Waals surface area contributed by atoms with Gasteiger partial charge in [-0.15, -0.1) is 0 Å². The van der Waals surface area contributed by atoms with Crippen LogP contribution in [0.15, 0.2) is 48.8 Å². The topological polar surface area (TPSA) is 56.0 Å². The fraction of sp³-hybridized carbons (Fsp3) is 0.200. The number of hydrogen-bond acceptors (Lipinski definition) is 2. The molecule has 1 aliphatic rings. The number of pyridine rings is 1. The number of amides is 1. The molecule has 0 spiro atoms. The van der Waals surface area contributed by atoms with Crippen molar-refractivity contribution < 1.29 is 9.52 Å². The quantitative estimate of drug-likeness (QED) is 0.647. The van der Waals surface area contributed by atoms with E-state index in [2.05, 4.69) is 17.4 Å². The molecule has 0 unspecified atom stereocenters. The van der Waals surface area contributed by atoms with E-state index in [-0.39, 0.29) is 11.9 Å². The highest BCUT2D eigenvalue weighted by atomic mass is 16.5. The van der Waals surface area contributed by atoms with Crippen molar-refractivity contribution in [2.75, 3.05) is 0 Å². The van der Waals surface area contributed by atoms with Gasteiger partial charge in [-0.1, -0.05) is 24.3 Å². The van der Waals surface area contributed by atoms with E-state index in [1.54, 1.807) is 12.1 Å². The van der Waals surface area contributed by atoms with Crippen LogP contribution in [0.3, 0.4) is 0 Å². The number of nitrogens with zero attached hydrogens (tertiary/aromatic N) is 1. The minimum Gasteiger partial charge on any atom is -0.619 e. The zero-order valence-corrected chi connectivity index (χ0v) is 10.4. The molecule has 4 heteroatoms. The first kappa shape index (κ1) is 11.7. The minimum absolute atomic E-state index is 0.116. The Bertz CT molecular complexity index is 600. The Morgan fingerprint density at radius 1 is 1.16 bits per heavy atom. The minimum atomic E-state index is -0.192. The molecule has 1 amide bonds. The van der Waals surface area contributed by atoms with Crippen molar-refractivity contribution in [1.29, 1.82) is 0 Å². The molecule has 3 rings (SSSR count). The first-order valence-corrected chi connectivity index (χ1v) is 6.29. The fourth-order valence-corrected chi connectivity index (χ4v) is 2.52. The maximum atomic E-state index is 12.0. The molecular weight excluding hydrogens is 240 g/mol. The van der Waals surface area contributed by atoms with Crippen LogP contribution in [0.25, 0.3) is 0 Å². The summed E-state index contributed by atoms with van der Waals surface area (Å²) in [4.78, 5) is 12.0. The van der Waals surface area contributed by atoms with Crippen LogP contribution in [0.2, 0.25) is 0 Å². The zero-order chi connectivity index (χ0) is 13.2. The first-order chi connectivity index (χ1) is 9.22. The third-order valence-corrected chi connectivity index (χ3v) is 3.42. The lowest BCUT2D eigenvalue weighted by Crippen LogP contribution is -2.37. The lowest BCUT2D eigenvalue weighted by Gasteiger charge is -2.11. The molecule has 1 N–H and O–H groups in total. The molecule has 0 saturated carbocycles. The van der Waals surface area contributed by atoms with Gasteiger partial charge in [0.1, 0.15) is 5.56 Å². The van der Waals surface area contributed by atoms with Gasteiger partial charge in [0.15, 0.2) is 12.4 Å². The molecule has 1 aliphatic carbocycles. The summed E-state index contributed by atoms with van der Waals surface area (Å²) in [6.07, 6.45) is 4.36. The normalized spacial score (nSPS) is 14.1. The van der Waals surface area contributed by atoms with Gasteiger partial charge in [0, 0.05) is 12.1 Å². The predicted molar refractivity (Wildman–Crippen MR) is 70.5 cm³/mol. The molecule has 1 aromatic carbocycles. The molecule has 0 saturated heterocycles. The molecule has 1 aromatic heterocycles. The lowest BCUT2D eigenvalue weighted by atomic mass is 10.1. The molecular formula is C15H14N2O2. The largest absolute Gasteiger partial charge is 0.619 e. The maximum Gasteiger partial charge on any atom is 0.257 e. The molecule has 0 radical (unpaired) electrons. The van der Waals surface area contributed by atoms with Gasteiger partial charge in [-0.2, -0.15) is 4.73 Å². The molecule has 1 heterocycles. The second kappa shape index (κ2) is 4.72. The van der Waals surface area contributed by atoms with Crippen LogP contribution >= 0.6 is 0 Å². The Kier molecular flexibility index (Phi) is 2.91. The van der Waals surface area contributed by atoms with Crippen LogP contribution in [0.1, 0.15) is 21.5 Å². The summed E-state index contributed by atoms with van der Waals surface area (Å²) in [5, 5.41) is 14.1. The maximum absolute atomic E-state index is 12.0. The summed E-state index contributed by atoms with van der Waals surface area (Å²) >= 11 is 0. The molecule has 96 valence electrons. The van der Waals surface area contributed by atoms with Gasteiger partial charge in [-0.05, 0) is 30.0 Å². The highest BCUT2D eigenvalue weighted by Crippen LogP contribution is 2.21. The van der Waals surface area contributed by atoms with Crippen LogP contribution in [0, 0.1) is 5.21 Å². The van der Waals surface area contributed by atoms with Gasteiger partial charge < -0.3 is 10.5 Å². The van der Waals surface area contributed by atoms with Crippen LogP contribution in [-0.4, -0.2) is 11.9 Å². The van der Waals surface area contributed by atoms with Crippen LogP contribution in [0.5, 0.6) is 0 Å². The van der Waals surface area contributed by atoms with E-state index in [0.29, 0.717) is 10.3 Å². The summed E-state index contributed by atoms with van der Waals surface area (Å²) in [6.45, 7) is 0. The summed E-state index contributed by atoms with van der Waals surface area (Å²) in [7, 11) is 0. The van der Waals surface area contributed by atoms with Gasteiger partial charge in [0.05, 0.1) is 0 Å². The Balaban J connectivity index is 1.69. The van der Waals surface area contributed by atoms with Gasteiger partial charge >= 0.3 is 0 Å². The Morgan fingerprint density at radius 2 is 1.84 bits per heavy atom. The van der Waals surface area contributed by atoms with Crippen molar-refractivity contribution in [2.45, 2.75) is 18.9 Å².